The number of nitrogens with zero attached hydrogens (tertiary/aromatic N) is 1. The second-order valence-electron chi connectivity index (χ2n) is 4.60. The summed E-state index contributed by atoms with van der Waals surface area (Å²) in [5.74, 6) is 0.391. The van der Waals surface area contributed by atoms with Crippen LogP contribution in [0.3, 0.4) is 0 Å². The van der Waals surface area contributed by atoms with E-state index in [0.29, 0.717) is 18.8 Å². The number of rotatable bonds is 7. The number of anilines is 1. The average Bonchev–Trinajstić information content (AvgIpc) is 2.31. The lowest BCUT2D eigenvalue weighted by Gasteiger charge is -2.19. The predicted octanol–water partition coefficient (Wildman–Crippen LogP) is 2.92. The fourth-order valence-electron chi connectivity index (χ4n) is 1.87. The monoisotopic (exact) mass is 275 g/mol. The third-order valence-electron chi connectivity index (χ3n) is 2.79. The van der Waals surface area contributed by atoms with Crippen molar-refractivity contribution in [1.82, 2.24) is 10.3 Å². The molecule has 3 nitrogen and oxygen atoms in total. The van der Waals surface area contributed by atoms with Crippen molar-refractivity contribution >= 4 is 5.82 Å². The van der Waals surface area contributed by atoms with Crippen LogP contribution in [0, 0.1) is 0 Å². The molecule has 0 saturated heterocycles. The van der Waals surface area contributed by atoms with Gasteiger partial charge in [0.25, 0.3) is 0 Å². The maximum atomic E-state index is 12.3. The number of pyridine rings is 1. The molecule has 1 aromatic rings. The molecular formula is C13H20F3N3. The molecule has 0 bridgehead atoms. The first-order valence-corrected chi connectivity index (χ1v) is 6.41. The van der Waals surface area contributed by atoms with Crippen LogP contribution in [0.2, 0.25) is 0 Å². The Morgan fingerprint density at radius 1 is 1.42 bits per heavy atom. The molecule has 1 aromatic heterocycles. The second-order valence-corrected chi connectivity index (χ2v) is 4.60. The Morgan fingerprint density at radius 3 is 2.74 bits per heavy atom. The average molecular weight is 275 g/mol. The van der Waals surface area contributed by atoms with Crippen LogP contribution in [-0.2, 0) is 6.42 Å². The molecule has 1 heterocycles. The lowest BCUT2D eigenvalue weighted by atomic mass is 10.0. The van der Waals surface area contributed by atoms with Crippen LogP contribution in [0.5, 0.6) is 0 Å². The summed E-state index contributed by atoms with van der Waals surface area (Å²) in [7, 11) is 0. The highest BCUT2D eigenvalue weighted by Crippen LogP contribution is 2.23. The van der Waals surface area contributed by atoms with Gasteiger partial charge in [-0.1, -0.05) is 6.92 Å². The molecule has 0 radical (unpaired) electrons. The minimum absolute atomic E-state index is 0.0751. The van der Waals surface area contributed by atoms with E-state index in [2.05, 4.69) is 10.3 Å². The van der Waals surface area contributed by atoms with Gasteiger partial charge in [0.2, 0.25) is 0 Å². The van der Waals surface area contributed by atoms with Gasteiger partial charge in [0.15, 0.2) is 0 Å². The number of aromatic nitrogens is 1. The molecule has 19 heavy (non-hydrogen) atoms. The van der Waals surface area contributed by atoms with Gasteiger partial charge in [0.1, 0.15) is 5.82 Å². The van der Waals surface area contributed by atoms with Gasteiger partial charge < -0.3 is 11.1 Å². The van der Waals surface area contributed by atoms with Crippen molar-refractivity contribution in [1.29, 1.82) is 0 Å². The molecule has 0 aliphatic heterocycles. The minimum atomic E-state index is -4.11. The third-order valence-corrected chi connectivity index (χ3v) is 2.79. The lowest BCUT2D eigenvalue weighted by Crippen LogP contribution is -2.33. The highest BCUT2D eigenvalue weighted by Gasteiger charge is 2.28. The molecule has 6 heteroatoms. The number of halogens is 3. The quantitative estimate of drug-likeness (QED) is 0.804. The summed E-state index contributed by atoms with van der Waals surface area (Å²) in [6.07, 6.45) is -1.81. The topological polar surface area (TPSA) is 50.9 Å². The Kier molecular flexibility index (Phi) is 6.08. The van der Waals surface area contributed by atoms with Gasteiger partial charge in [-0.2, -0.15) is 13.2 Å². The largest absolute Gasteiger partial charge is 0.389 e. The summed E-state index contributed by atoms with van der Waals surface area (Å²) in [5.41, 5.74) is 6.47. The van der Waals surface area contributed by atoms with Crippen molar-refractivity contribution < 1.29 is 13.2 Å². The van der Waals surface area contributed by atoms with Crippen LogP contribution in [0.25, 0.3) is 0 Å². The first-order valence-electron chi connectivity index (χ1n) is 6.41. The Labute approximate surface area is 111 Å². The third kappa shape index (κ3) is 7.00. The molecule has 3 N–H and O–H groups in total. The van der Waals surface area contributed by atoms with Gasteiger partial charge in [0.05, 0.1) is 0 Å². The summed E-state index contributed by atoms with van der Waals surface area (Å²) >= 11 is 0. The fourth-order valence-corrected chi connectivity index (χ4v) is 1.87. The zero-order valence-corrected chi connectivity index (χ0v) is 11.0. The van der Waals surface area contributed by atoms with E-state index in [9.17, 15) is 13.2 Å². The molecule has 1 atom stereocenters. The molecule has 0 aliphatic carbocycles. The van der Waals surface area contributed by atoms with Gasteiger partial charge in [-0.15, -0.1) is 0 Å². The Balaban J connectivity index is 2.58. The standard InChI is InChI=1S/C13H20F3N3/c1-2-6-18-11(3-5-13(14,15)16)8-10-4-7-19-12(17)9-10/h4,7,9,11,18H,2-3,5-6,8H2,1H3,(H2,17,19). The van der Waals surface area contributed by atoms with E-state index >= 15 is 0 Å². The maximum Gasteiger partial charge on any atom is 0.389 e. The highest BCUT2D eigenvalue weighted by molar-refractivity contribution is 5.32. The lowest BCUT2D eigenvalue weighted by molar-refractivity contribution is -0.136. The van der Waals surface area contributed by atoms with Crippen LogP contribution in [0.4, 0.5) is 19.0 Å². The molecule has 0 saturated carbocycles. The van der Waals surface area contributed by atoms with Gasteiger partial charge in [0, 0.05) is 18.7 Å². The number of nitrogen functional groups attached to an aromatic ring is 1. The SMILES string of the molecule is CCCNC(CCC(F)(F)F)Cc1ccnc(N)c1. The molecule has 0 amide bonds. The maximum absolute atomic E-state index is 12.3. The second kappa shape index (κ2) is 7.33. The predicted molar refractivity (Wildman–Crippen MR) is 69.7 cm³/mol. The van der Waals surface area contributed by atoms with Crippen molar-refractivity contribution in [2.45, 2.75) is 44.8 Å². The van der Waals surface area contributed by atoms with Crippen molar-refractivity contribution in [2.75, 3.05) is 12.3 Å². The smallest absolute Gasteiger partial charge is 0.384 e. The highest BCUT2D eigenvalue weighted by atomic mass is 19.4. The van der Waals surface area contributed by atoms with E-state index in [-0.39, 0.29) is 12.5 Å². The van der Waals surface area contributed by atoms with Crippen molar-refractivity contribution in [2.24, 2.45) is 0 Å². The van der Waals surface area contributed by atoms with E-state index in [1.54, 1.807) is 18.3 Å². The van der Waals surface area contributed by atoms with E-state index in [1.807, 2.05) is 6.92 Å². The number of hydrogen-bond acceptors (Lipinski definition) is 3. The zero-order chi connectivity index (χ0) is 14.3. The number of alkyl halides is 3. The first kappa shape index (κ1) is 15.8. The van der Waals surface area contributed by atoms with Gasteiger partial charge in [-0.3, -0.25) is 0 Å². The van der Waals surface area contributed by atoms with E-state index in [1.165, 1.54) is 0 Å². The van der Waals surface area contributed by atoms with Crippen LogP contribution in [0.1, 0.15) is 31.7 Å². The number of hydrogen-bond donors (Lipinski definition) is 2. The summed E-state index contributed by atoms with van der Waals surface area (Å²) in [6.45, 7) is 2.70. The normalized spacial score (nSPS) is 13.5. The Hall–Kier alpha value is -1.30. The summed E-state index contributed by atoms with van der Waals surface area (Å²) < 4.78 is 36.8. The molecule has 0 spiro atoms. The van der Waals surface area contributed by atoms with Crippen LogP contribution < -0.4 is 11.1 Å². The van der Waals surface area contributed by atoms with E-state index in [4.69, 9.17) is 5.73 Å². The summed E-state index contributed by atoms with van der Waals surface area (Å²) in [5, 5.41) is 3.15. The van der Waals surface area contributed by atoms with Crippen LogP contribution >= 0.6 is 0 Å². The van der Waals surface area contributed by atoms with Gasteiger partial charge in [-0.25, -0.2) is 4.98 Å². The number of nitrogens with two attached hydrogens (primary N) is 1. The van der Waals surface area contributed by atoms with E-state index in [0.717, 1.165) is 12.0 Å². The molecule has 1 unspecified atom stereocenters. The van der Waals surface area contributed by atoms with Crippen molar-refractivity contribution in [3.8, 4) is 0 Å². The summed E-state index contributed by atoms with van der Waals surface area (Å²) in [4.78, 5) is 3.87. The summed E-state index contributed by atoms with van der Waals surface area (Å²) in [6, 6.07) is 3.29. The van der Waals surface area contributed by atoms with Crippen molar-refractivity contribution in [3.63, 3.8) is 0 Å². The molecule has 0 aliphatic rings. The van der Waals surface area contributed by atoms with Gasteiger partial charge in [-0.05, 0) is 43.5 Å². The Bertz CT molecular complexity index is 380. The molecular weight excluding hydrogens is 255 g/mol. The van der Waals surface area contributed by atoms with Gasteiger partial charge >= 0.3 is 6.18 Å². The Morgan fingerprint density at radius 2 is 2.16 bits per heavy atom. The molecule has 1 rings (SSSR count). The van der Waals surface area contributed by atoms with Crippen LogP contribution in [-0.4, -0.2) is 23.7 Å². The molecule has 0 aromatic carbocycles. The zero-order valence-electron chi connectivity index (χ0n) is 11.0. The van der Waals surface area contributed by atoms with Crippen molar-refractivity contribution in [3.05, 3.63) is 23.9 Å². The first-order chi connectivity index (χ1) is 8.90. The molecule has 108 valence electrons. The number of nitrogens with one attached hydrogen (secondary N) is 1. The minimum Gasteiger partial charge on any atom is -0.384 e. The fraction of sp³-hybridized carbons (Fsp3) is 0.615. The van der Waals surface area contributed by atoms with Crippen LogP contribution in [0.15, 0.2) is 18.3 Å². The van der Waals surface area contributed by atoms with E-state index < -0.39 is 12.6 Å². The molecule has 0 fully saturated rings.